The smallest absolute Gasteiger partial charge is 0.309 e. The van der Waals surface area contributed by atoms with E-state index < -0.39 is 12.8 Å². The molecule has 1 aliphatic heterocycles. The monoisotopic (exact) mass is 215 g/mol. The van der Waals surface area contributed by atoms with Gasteiger partial charge in [-0.1, -0.05) is 0 Å². The van der Waals surface area contributed by atoms with Crippen LogP contribution >= 0.6 is 0 Å². The molecule has 2 rings (SSSR count). The highest BCUT2D eigenvalue weighted by Crippen LogP contribution is 2.39. The van der Waals surface area contributed by atoms with Gasteiger partial charge >= 0.3 is 5.97 Å². The minimum atomic E-state index is -0.590. The molecule has 0 bridgehead atoms. The Kier molecular flexibility index (Phi) is 3.24. The predicted octanol–water partition coefficient (Wildman–Crippen LogP) is 1.13. The van der Waals surface area contributed by atoms with Crippen LogP contribution in [0.4, 0.5) is 4.39 Å². The Morgan fingerprint density at radius 1 is 1.47 bits per heavy atom. The second-order valence-electron chi connectivity index (χ2n) is 4.75. The van der Waals surface area contributed by atoms with Crippen molar-refractivity contribution < 1.29 is 13.9 Å². The fourth-order valence-electron chi connectivity index (χ4n) is 2.68. The summed E-state index contributed by atoms with van der Waals surface area (Å²) in [5.74, 6) is 1.07. The lowest BCUT2D eigenvalue weighted by Gasteiger charge is -2.14. The first-order valence-electron chi connectivity index (χ1n) is 5.68. The lowest BCUT2D eigenvalue weighted by Crippen LogP contribution is -2.24. The molecule has 2 aliphatic rings. The van der Waals surface area contributed by atoms with Crippen molar-refractivity contribution in [1.29, 1.82) is 0 Å². The summed E-state index contributed by atoms with van der Waals surface area (Å²) in [6.45, 7) is 3.04. The van der Waals surface area contributed by atoms with Crippen molar-refractivity contribution >= 4 is 5.97 Å². The van der Waals surface area contributed by atoms with Gasteiger partial charge in [-0.2, -0.15) is 0 Å². The van der Waals surface area contributed by atoms with E-state index in [1.54, 1.807) is 6.92 Å². The van der Waals surface area contributed by atoms with Gasteiger partial charge in [-0.25, -0.2) is 4.39 Å². The molecule has 1 saturated carbocycles. The molecule has 0 radical (unpaired) electrons. The molecule has 0 aromatic heterocycles. The summed E-state index contributed by atoms with van der Waals surface area (Å²) in [5, 5.41) is 3.32. The highest BCUT2D eigenvalue weighted by Gasteiger charge is 2.41. The molecule has 1 aliphatic carbocycles. The number of esters is 1. The molecule has 3 atom stereocenters. The molecule has 2 fully saturated rings. The third-order valence-corrected chi connectivity index (χ3v) is 3.52. The predicted molar refractivity (Wildman–Crippen MR) is 54.1 cm³/mol. The molecule has 4 heteroatoms. The number of halogens is 1. The maximum Gasteiger partial charge on any atom is 0.309 e. The van der Waals surface area contributed by atoms with E-state index in [0.717, 1.165) is 25.9 Å². The summed E-state index contributed by atoms with van der Waals surface area (Å²) in [5.41, 5.74) is 0. The SMILES string of the molecule is CC(CF)OC(=O)C1CC2CNCC2C1. The number of fused-ring (bicyclic) bond motifs is 1. The Hall–Kier alpha value is -0.640. The Balaban J connectivity index is 1.83. The van der Waals surface area contributed by atoms with Gasteiger partial charge in [-0.05, 0) is 44.7 Å². The van der Waals surface area contributed by atoms with Crippen molar-refractivity contribution in [3.8, 4) is 0 Å². The zero-order valence-corrected chi connectivity index (χ0v) is 9.04. The number of nitrogens with one attached hydrogen (secondary N) is 1. The molecule has 3 nitrogen and oxygen atoms in total. The molecule has 0 aromatic rings. The Bertz CT molecular complexity index is 235. The molecule has 1 heterocycles. The van der Waals surface area contributed by atoms with Gasteiger partial charge in [0.15, 0.2) is 0 Å². The van der Waals surface area contributed by atoms with Crippen LogP contribution in [0.2, 0.25) is 0 Å². The van der Waals surface area contributed by atoms with Crippen molar-refractivity contribution in [2.24, 2.45) is 17.8 Å². The molecule has 3 unspecified atom stereocenters. The van der Waals surface area contributed by atoms with Gasteiger partial charge in [0, 0.05) is 0 Å². The van der Waals surface area contributed by atoms with Crippen molar-refractivity contribution in [1.82, 2.24) is 5.32 Å². The standard InChI is InChI=1S/C11H18FNO2/c1-7(4-12)15-11(14)8-2-9-5-13-6-10(9)3-8/h7-10,13H,2-6H2,1H3. The summed E-state index contributed by atoms with van der Waals surface area (Å²) in [6, 6.07) is 0. The minimum absolute atomic E-state index is 0.0103. The molecule has 0 amide bonds. The molecule has 0 spiro atoms. The number of hydrogen-bond donors (Lipinski definition) is 1. The number of hydrogen-bond acceptors (Lipinski definition) is 3. The average molecular weight is 215 g/mol. The maximum atomic E-state index is 12.2. The first kappa shape index (κ1) is 10.9. The number of carbonyl (C=O) groups excluding carboxylic acids is 1. The number of ether oxygens (including phenoxy) is 1. The summed E-state index contributed by atoms with van der Waals surface area (Å²) in [4.78, 5) is 11.6. The molecule has 15 heavy (non-hydrogen) atoms. The number of carbonyl (C=O) groups is 1. The van der Waals surface area contributed by atoms with Crippen molar-refractivity contribution in [2.45, 2.75) is 25.9 Å². The fourth-order valence-corrected chi connectivity index (χ4v) is 2.68. The van der Waals surface area contributed by atoms with Crippen LogP contribution in [0.25, 0.3) is 0 Å². The number of rotatable bonds is 3. The second-order valence-corrected chi connectivity index (χ2v) is 4.75. The summed E-state index contributed by atoms with van der Waals surface area (Å²) in [7, 11) is 0. The van der Waals surface area contributed by atoms with Gasteiger partial charge in [-0.3, -0.25) is 4.79 Å². The van der Waals surface area contributed by atoms with E-state index in [1.807, 2.05) is 0 Å². The second kappa shape index (κ2) is 4.47. The van der Waals surface area contributed by atoms with Crippen molar-refractivity contribution in [3.63, 3.8) is 0 Å². The van der Waals surface area contributed by atoms with Crippen LogP contribution < -0.4 is 5.32 Å². The molecule has 86 valence electrons. The Morgan fingerprint density at radius 3 is 2.60 bits per heavy atom. The summed E-state index contributed by atoms with van der Waals surface area (Å²) in [6.07, 6.45) is 1.24. The lowest BCUT2D eigenvalue weighted by atomic mass is 10.0. The normalized spacial score (nSPS) is 36.3. The van der Waals surface area contributed by atoms with Crippen LogP contribution in [0, 0.1) is 17.8 Å². The van der Waals surface area contributed by atoms with Gasteiger partial charge in [0.25, 0.3) is 0 Å². The summed E-state index contributed by atoms with van der Waals surface area (Å²) < 4.78 is 17.2. The van der Waals surface area contributed by atoms with E-state index in [4.69, 9.17) is 4.74 Å². The topological polar surface area (TPSA) is 38.3 Å². The van der Waals surface area contributed by atoms with E-state index in [2.05, 4.69) is 5.32 Å². The van der Waals surface area contributed by atoms with Crippen LogP contribution in [0.15, 0.2) is 0 Å². The van der Waals surface area contributed by atoms with Crippen LogP contribution in [0.5, 0.6) is 0 Å². The molecule has 1 saturated heterocycles. The Morgan fingerprint density at radius 2 is 2.07 bits per heavy atom. The van der Waals surface area contributed by atoms with Gasteiger partial charge < -0.3 is 10.1 Å². The van der Waals surface area contributed by atoms with Gasteiger partial charge in [0.1, 0.15) is 12.8 Å². The minimum Gasteiger partial charge on any atom is -0.460 e. The van der Waals surface area contributed by atoms with Crippen molar-refractivity contribution in [2.75, 3.05) is 19.8 Å². The van der Waals surface area contributed by atoms with Crippen LogP contribution in [-0.4, -0.2) is 31.8 Å². The number of alkyl halides is 1. The zero-order chi connectivity index (χ0) is 10.8. The first-order valence-corrected chi connectivity index (χ1v) is 5.68. The van der Waals surface area contributed by atoms with Crippen molar-refractivity contribution in [3.05, 3.63) is 0 Å². The van der Waals surface area contributed by atoms with E-state index in [1.165, 1.54) is 0 Å². The van der Waals surface area contributed by atoms with Gasteiger partial charge in [-0.15, -0.1) is 0 Å². The highest BCUT2D eigenvalue weighted by molar-refractivity contribution is 5.73. The van der Waals surface area contributed by atoms with Crippen LogP contribution in [-0.2, 0) is 9.53 Å². The molecular weight excluding hydrogens is 197 g/mol. The first-order chi connectivity index (χ1) is 7.20. The molecule has 0 aromatic carbocycles. The van der Waals surface area contributed by atoms with E-state index in [9.17, 15) is 9.18 Å². The summed E-state index contributed by atoms with van der Waals surface area (Å²) >= 11 is 0. The third kappa shape index (κ3) is 2.30. The van der Waals surface area contributed by atoms with E-state index in [0.29, 0.717) is 11.8 Å². The quantitative estimate of drug-likeness (QED) is 0.717. The fraction of sp³-hybridized carbons (Fsp3) is 0.909. The molecular formula is C11H18FNO2. The highest BCUT2D eigenvalue weighted by atomic mass is 19.1. The third-order valence-electron chi connectivity index (χ3n) is 3.52. The molecule has 1 N–H and O–H groups in total. The van der Waals surface area contributed by atoms with Crippen LogP contribution in [0.3, 0.4) is 0 Å². The van der Waals surface area contributed by atoms with Gasteiger partial charge in [0.2, 0.25) is 0 Å². The van der Waals surface area contributed by atoms with Gasteiger partial charge in [0.05, 0.1) is 5.92 Å². The largest absolute Gasteiger partial charge is 0.460 e. The Labute approximate surface area is 89.4 Å². The maximum absolute atomic E-state index is 12.2. The van der Waals surface area contributed by atoms with Crippen LogP contribution in [0.1, 0.15) is 19.8 Å². The lowest BCUT2D eigenvalue weighted by molar-refractivity contribution is -0.153. The zero-order valence-electron chi connectivity index (χ0n) is 9.04. The van der Waals surface area contributed by atoms with E-state index >= 15 is 0 Å². The average Bonchev–Trinajstić information content (AvgIpc) is 2.76. The van der Waals surface area contributed by atoms with E-state index in [-0.39, 0.29) is 11.9 Å².